The molecular weight excluding hydrogens is 286 g/mol. The maximum absolute atomic E-state index is 11.9. The minimum atomic E-state index is -0.724. The van der Waals surface area contributed by atoms with Gasteiger partial charge in [0.2, 0.25) is 5.91 Å². The highest BCUT2D eigenvalue weighted by molar-refractivity contribution is 7.85. The van der Waals surface area contributed by atoms with Crippen LogP contribution in [0, 0.1) is 0 Å². The van der Waals surface area contributed by atoms with E-state index in [2.05, 4.69) is 5.32 Å². The number of amides is 1. The summed E-state index contributed by atoms with van der Waals surface area (Å²) in [7, 11) is -0.724. The van der Waals surface area contributed by atoms with E-state index in [4.69, 9.17) is 17.3 Å². The monoisotopic (exact) mass is 301 g/mol. The average molecular weight is 302 g/mol. The van der Waals surface area contributed by atoms with Gasteiger partial charge in [0.05, 0.1) is 17.3 Å². The fourth-order valence-corrected chi connectivity index (χ4v) is 3.10. The van der Waals surface area contributed by atoms with Crippen molar-refractivity contribution in [1.82, 2.24) is 4.90 Å². The van der Waals surface area contributed by atoms with Crippen LogP contribution in [0.1, 0.15) is 0 Å². The van der Waals surface area contributed by atoms with E-state index in [-0.39, 0.29) is 5.91 Å². The molecule has 1 heterocycles. The van der Waals surface area contributed by atoms with Crippen LogP contribution in [0.3, 0.4) is 0 Å². The van der Waals surface area contributed by atoms with Gasteiger partial charge in [0.1, 0.15) is 0 Å². The molecule has 0 aliphatic carbocycles. The molecule has 7 heteroatoms. The van der Waals surface area contributed by atoms with Crippen molar-refractivity contribution >= 4 is 39.7 Å². The van der Waals surface area contributed by atoms with Crippen LogP contribution in [-0.2, 0) is 15.6 Å². The first-order valence-electron chi connectivity index (χ1n) is 5.97. The molecule has 1 aromatic rings. The second-order valence-corrected chi connectivity index (χ2v) is 6.51. The number of rotatable bonds is 3. The predicted molar refractivity (Wildman–Crippen MR) is 78.8 cm³/mol. The maximum Gasteiger partial charge on any atom is 0.238 e. The van der Waals surface area contributed by atoms with E-state index in [0.29, 0.717) is 47.5 Å². The van der Waals surface area contributed by atoms with Gasteiger partial charge in [-0.2, -0.15) is 0 Å². The van der Waals surface area contributed by atoms with Crippen molar-refractivity contribution in [3.05, 3.63) is 23.2 Å². The molecule has 1 aromatic carbocycles. The fourth-order valence-electron chi connectivity index (χ4n) is 1.86. The molecule has 2 rings (SSSR count). The number of nitrogens with zero attached hydrogens (tertiary/aromatic N) is 1. The summed E-state index contributed by atoms with van der Waals surface area (Å²) < 4.78 is 11.2. The Balaban J connectivity index is 1.87. The van der Waals surface area contributed by atoms with Gasteiger partial charge in [-0.3, -0.25) is 13.9 Å². The van der Waals surface area contributed by atoms with Gasteiger partial charge >= 0.3 is 0 Å². The van der Waals surface area contributed by atoms with Gasteiger partial charge in [0.15, 0.2) is 0 Å². The highest BCUT2D eigenvalue weighted by atomic mass is 35.5. The number of halogens is 1. The molecule has 5 nitrogen and oxygen atoms in total. The van der Waals surface area contributed by atoms with E-state index in [1.807, 2.05) is 4.90 Å². The Morgan fingerprint density at radius 2 is 2.11 bits per heavy atom. The van der Waals surface area contributed by atoms with E-state index >= 15 is 0 Å². The fraction of sp³-hybridized carbons (Fsp3) is 0.417. The summed E-state index contributed by atoms with van der Waals surface area (Å²) in [5.41, 5.74) is 6.74. The largest absolute Gasteiger partial charge is 0.397 e. The van der Waals surface area contributed by atoms with E-state index in [1.54, 1.807) is 18.2 Å². The number of carbonyl (C=O) groups excluding carboxylic acids is 1. The topological polar surface area (TPSA) is 75.4 Å². The number of nitrogen functional groups attached to an aromatic ring is 1. The molecule has 1 amide bonds. The van der Waals surface area contributed by atoms with E-state index in [1.165, 1.54) is 0 Å². The Kier molecular flexibility index (Phi) is 4.79. The minimum Gasteiger partial charge on any atom is -0.397 e. The lowest BCUT2D eigenvalue weighted by atomic mass is 10.3. The lowest BCUT2D eigenvalue weighted by molar-refractivity contribution is -0.117. The van der Waals surface area contributed by atoms with Crippen LogP contribution in [0.4, 0.5) is 11.4 Å². The highest BCUT2D eigenvalue weighted by Gasteiger charge is 2.17. The summed E-state index contributed by atoms with van der Waals surface area (Å²) >= 11 is 5.81. The Morgan fingerprint density at radius 3 is 2.74 bits per heavy atom. The van der Waals surface area contributed by atoms with Gasteiger partial charge in [-0.15, -0.1) is 0 Å². The third-order valence-corrected chi connectivity index (χ3v) is 4.54. The molecule has 1 aliphatic rings. The third kappa shape index (κ3) is 4.19. The number of anilines is 2. The molecule has 0 bridgehead atoms. The van der Waals surface area contributed by atoms with Crippen LogP contribution in [-0.4, -0.2) is 46.2 Å². The van der Waals surface area contributed by atoms with Crippen molar-refractivity contribution in [2.75, 3.05) is 42.2 Å². The summed E-state index contributed by atoms with van der Waals surface area (Å²) in [5, 5.41) is 3.24. The second kappa shape index (κ2) is 6.36. The van der Waals surface area contributed by atoms with Gasteiger partial charge in [0.25, 0.3) is 0 Å². The number of hydrogen-bond acceptors (Lipinski definition) is 4. The SMILES string of the molecule is Nc1cc(NC(=O)CN2CCS(=O)CC2)ccc1Cl. The first kappa shape index (κ1) is 14.3. The van der Waals surface area contributed by atoms with Crippen molar-refractivity contribution in [3.63, 3.8) is 0 Å². The van der Waals surface area contributed by atoms with Crippen molar-refractivity contribution in [1.29, 1.82) is 0 Å². The average Bonchev–Trinajstić information content (AvgIpc) is 2.37. The van der Waals surface area contributed by atoms with Gasteiger partial charge in [-0.1, -0.05) is 11.6 Å². The van der Waals surface area contributed by atoms with Crippen LogP contribution in [0.25, 0.3) is 0 Å². The molecule has 19 heavy (non-hydrogen) atoms. The van der Waals surface area contributed by atoms with Gasteiger partial charge in [-0.05, 0) is 18.2 Å². The number of nitrogens with two attached hydrogens (primary N) is 1. The molecule has 1 saturated heterocycles. The molecule has 0 radical (unpaired) electrons. The highest BCUT2D eigenvalue weighted by Crippen LogP contribution is 2.22. The molecule has 0 saturated carbocycles. The summed E-state index contributed by atoms with van der Waals surface area (Å²) in [6.45, 7) is 1.70. The Bertz CT molecular complexity index is 500. The molecule has 1 aliphatic heterocycles. The first-order valence-corrected chi connectivity index (χ1v) is 7.83. The number of nitrogens with one attached hydrogen (secondary N) is 1. The van der Waals surface area contributed by atoms with E-state index in [0.717, 1.165) is 0 Å². The van der Waals surface area contributed by atoms with E-state index < -0.39 is 10.8 Å². The molecule has 0 atom stereocenters. The summed E-state index contributed by atoms with van der Waals surface area (Å²) in [6, 6.07) is 4.99. The van der Waals surface area contributed by atoms with Crippen LogP contribution in [0.15, 0.2) is 18.2 Å². The van der Waals surface area contributed by atoms with Crippen molar-refractivity contribution in [2.24, 2.45) is 0 Å². The zero-order valence-corrected chi connectivity index (χ0v) is 12.0. The molecule has 104 valence electrons. The summed E-state index contributed by atoms with van der Waals surface area (Å²) in [4.78, 5) is 13.9. The van der Waals surface area contributed by atoms with Crippen LogP contribution < -0.4 is 11.1 Å². The van der Waals surface area contributed by atoms with Crippen LogP contribution in [0.5, 0.6) is 0 Å². The Morgan fingerprint density at radius 1 is 1.42 bits per heavy atom. The normalized spacial score (nSPS) is 17.3. The van der Waals surface area contributed by atoms with Crippen LogP contribution >= 0.6 is 11.6 Å². The minimum absolute atomic E-state index is 0.102. The van der Waals surface area contributed by atoms with Gasteiger partial charge in [0, 0.05) is 41.1 Å². The predicted octanol–water partition coefficient (Wildman–Crippen LogP) is 0.925. The zero-order valence-electron chi connectivity index (χ0n) is 10.4. The number of hydrogen-bond donors (Lipinski definition) is 2. The number of carbonyl (C=O) groups is 1. The number of benzene rings is 1. The Labute approximate surface area is 119 Å². The smallest absolute Gasteiger partial charge is 0.238 e. The van der Waals surface area contributed by atoms with E-state index in [9.17, 15) is 9.00 Å². The Hall–Kier alpha value is -1.11. The van der Waals surface area contributed by atoms with Gasteiger partial charge < -0.3 is 11.1 Å². The molecule has 0 aromatic heterocycles. The standard InChI is InChI=1S/C12H16ClN3O2S/c13-10-2-1-9(7-11(10)14)15-12(17)8-16-3-5-19(18)6-4-16/h1-2,7H,3-6,8,14H2,(H,15,17). The zero-order chi connectivity index (χ0) is 13.8. The lowest BCUT2D eigenvalue weighted by Gasteiger charge is -2.25. The van der Waals surface area contributed by atoms with Crippen LogP contribution in [0.2, 0.25) is 5.02 Å². The van der Waals surface area contributed by atoms with Crippen molar-refractivity contribution < 1.29 is 9.00 Å². The molecule has 0 spiro atoms. The molecule has 1 fully saturated rings. The second-order valence-electron chi connectivity index (χ2n) is 4.41. The summed E-state index contributed by atoms with van der Waals surface area (Å²) in [6.07, 6.45) is 0. The third-order valence-electron chi connectivity index (χ3n) is 2.92. The lowest BCUT2D eigenvalue weighted by Crippen LogP contribution is -2.42. The summed E-state index contributed by atoms with van der Waals surface area (Å²) in [5.74, 6) is 1.18. The first-order chi connectivity index (χ1) is 9.04. The van der Waals surface area contributed by atoms with Crippen molar-refractivity contribution in [2.45, 2.75) is 0 Å². The van der Waals surface area contributed by atoms with Gasteiger partial charge in [-0.25, -0.2) is 0 Å². The van der Waals surface area contributed by atoms with Crippen molar-refractivity contribution in [3.8, 4) is 0 Å². The molecule has 3 N–H and O–H groups in total. The maximum atomic E-state index is 11.9. The quantitative estimate of drug-likeness (QED) is 0.814. The molecular formula is C12H16ClN3O2S. The molecule has 0 unspecified atom stereocenters.